The first-order valence-electron chi connectivity index (χ1n) is 5.22. The summed E-state index contributed by atoms with van der Waals surface area (Å²) in [4.78, 5) is 12.2. The molecule has 0 aliphatic rings. The largest absolute Gasteiger partial charge is 0.504 e. The number of carbonyl (C=O) groups is 1. The lowest BCUT2D eigenvalue weighted by molar-refractivity contribution is 0.103. The number of benzene rings is 2. The second-order valence-corrected chi connectivity index (χ2v) is 6.23. The molecule has 0 saturated carbocycles. The number of ketones is 1. The Balaban J connectivity index is 2.52. The Morgan fingerprint density at radius 1 is 0.850 bits per heavy atom. The van der Waals surface area contributed by atoms with Crippen molar-refractivity contribution in [3.63, 3.8) is 0 Å². The monoisotopic (exact) mass is 502 g/mol. The highest BCUT2D eigenvalue weighted by Gasteiger charge is 2.17. The Bertz CT molecular complexity index is 611. The molecule has 0 atom stereocenters. The lowest BCUT2D eigenvalue weighted by Gasteiger charge is -2.06. The molecule has 20 heavy (non-hydrogen) atoms. The lowest BCUT2D eigenvalue weighted by atomic mass is 10.0. The van der Waals surface area contributed by atoms with Crippen molar-refractivity contribution in [3.8, 4) is 11.5 Å². The van der Waals surface area contributed by atoms with Gasteiger partial charge in [-0.25, -0.2) is 8.78 Å². The van der Waals surface area contributed by atoms with Gasteiger partial charge in [0.05, 0.1) is 7.14 Å². The Morgan fingerprint density at radius 2 is 1.20 bits per heavy atom. The fourth-order valence-corrected chi connectivity index (χ4v) is 2.75. The Hall–Kier alpha value is -0.970. The fraction of sp³-hybridized carbons (Fsp3) is 0. The average molecular weight is 502 g/mol. The molecule has 0 aliphatic carbocycles. The topological polar surface area (TPSA) is 57.5 Å². The summed E-state index contributed by atoms with van der Waals surface area (Å²) < 4.78 is 27.2. The molecular formula is C13H6F2I2O3. The summed E-state index contributed by atoms with van der Waals surface area (Å²) in [6.07, 6.45) is 0. The molecule has 2 aromatic rings. The van der Waals surface area contributed by atoms with Gasteiger partial charge in [0, 0.05) is 11.1 Å². The van der Waals surface area contributed by atoms with E-state index in [4.69, 9.17) is 0 Å². The number of phenols is 2. The van der Waals surface area contributed by atoms with Gasteiger partial charge < -0.3 is 10.2 Å². The Kier molecular flexibility index (Phi) is 4.47. The molecule has 7 heteroatoms. The highest BCUT2D eigenvalue weighted by Crippen LogP contribution is 2.28. The van der Waals surface area contributed by atoms with Crippen LogP contribution in [0.5, 0.6) is 11.5 Å². The molecule has 0 aromatic heterocycles. The van der Waals surface area contributed by atoms with E-state index >= 15 is 0 Å². The summed E-state index contributed by atoms with van der Waals surface area (Å²) in [6.45, 7) is 0. The number of halogens is 4. The zero-order valence-electron chi connectivity index (χ0n) is 9.62. The second kappa shape index (κ2) is 5.80. The zero-order valence-corrected chi connectivity index (χ0v) is 13.9. The molecule has 2 N–H and O–H groups in total. The van der Waals surface area contributed by atoms with Crippen LogP contribution in [0.1, 0.15) is 15.9 Å². The molecule has 0 saturated heterocycles. The molecule has 0 fully saturated rings. The van der Waals surface area contributed by atoms with Gasteiger partial charge in [0.2, 0.25) is 0 Å². The molecule has 2 rings (SSSR count). The van der Waals surface area contributed by atoms with E-state index in [1.54, 1.807) is 45.2 Å². The van der Waals surface area contributed by atoms with Gasteiger partial charge in [0.25, 0.3) is 0 Å². The first-order valence-corrected chi connectivity index (χ1v) is 7.37. The minimum atomic E-state index is -0.922. The van der Waals surface area contributed by atoms with Crippen molar-refractivity contribution in [2.75, 3.05) is 0 Å². The van der Waals surface area contributed by atoms with Crippen LogP contribution in [0.25, 0.3) is 0 Å². The van der Waals surface area contributed by atoms with Crippen molar-refractivity contribution >= 4 is 51.0 Å². The van der Waals surface area contributed by atoms with E-state index in [0.717, 1.165) is 12.1 Å². The average Bonchev–Trinajstić information content (AvgIpc) is 2.40. The third-order valence-electron chi connectivity index (χ3n) is 2.56. The fourth-order valence-electron chi connectivity index (χ4n) is 1.56. The number of rotatable bonds is 2. The number of hydrogen-bond acceptors (Lipinski definition) is 3. The maximum atomic E-state index is 13.4. The van der Waals surface area contributed by atoms with Gasteiger partial charge >= 0.3 is 0 Å². The van der Waals surface area contributed by atoms with Crippen LogP contribution in [0.2, 0.25) is 0 Å². The minimum Gasteiger partial charge on any atom is -0.504 e. The Morgan fingerprint density at radius 3 is 1.50 bits per heavy atom. The molecule has 0 amide bonds. The van der Waals surface area contributed by atoms with E-state index in [2.05, 4.69) is 0 Å². The minimum absolute atomic E-state index is 0.00871. The third kappa shape index (κ3) is 2.87. The third-order valence-corrected chi connectivity index (χ3v) is 4.20. The normalized spacial score (nSPS) is 10.6. The van der Waals surface area contributed by atoms with Gasteiger partial charge in [-0.3, -0.25) is 4.79 Å². The van der Waals surface area contributed by atoms with Crippen molar-refractivity contribution in [1.82, 2.24) is 0 Å². The molecule has 2 aromatic carbocycles. The molecule has 0 bridgehead atoms. The van der Waals surface area contributed by atoms with Crippen molar-refractivity contribution in [1.29, 1.82) is 0 Å². The van der Waals surface area contributed by atoms with Crippen LogP contribution >= 0.6 is 45.2 Å². The van der Waals surface area contributed by atoms with Crippen LogP contribution in [0.15, 0.2) is 24.3 Å². The van der Waals surface area contributed by atoms with E-state index < -0.39 is 28.9 Å². The number of hydrogen-bond donors (Lipinski definition) is 2. The molecule has 0 unspecified atom stereocenters. The highest BCUT2D eigenvalue weighted by molar-refractivity contribution is 14.1. The quantitative estimate of drug-likeness (QED) is 0.486. The van der Waals surface area contributed by atoms with Crippen LogP contribution in [-0.4, -0.2) is 16.0 Å². The molecule has 0 radical (unpaired) electrons. The Labute approximate surface area is 139 Å². The summed E-state index contributed by atoms with van der Waals surface area (Å²) in [7, 11) is 0. The highest BCUT2D eigenvalue weighted by atomic mass is 127. The van der Waals surface area contributed by atoms with Crippen molar-refractivity contribution < 1.29 is 23.8 Å². The number of phenolic OH excluding ortho intramolecular Hbond substituents is 2. The van der Waals surface area contributed by atoms with Gasteiger partial charge in [-0.2, -0.15) is 0 Å². The van der Waals surface area contributed by atoms with Crippen LogP contribution in [-0.2, 0) is 0 Å². The standard InChI is InChI=1S/C13H6F2I2O3/c14-7-1-5(3-9(16)12(7)19)11(18)6-2-8(15)13(20)10(17)4-6/h1-4,19-20H. The molecule has 0 aliphatic heterocycles. The van der Waals surface area contributed by atoms with Gasteiger partial charge in [0.1, 0.15) is 0 Å². The SMILES string of the molecule is O=C(c1cc(F)c(O)c(I)c1)c1cc(F)c(O)c(I)c1. The first kappa shape index (κ1) is 15.4. The molecule has 3 nitrogen and oxygen atoms in total. The lowest BCUT2D eigenvalue weighted by Crippen LogP contribution is -2.04. The second-order valence-electron chi connectivity index (χ2n) is 3.91. The molecular weight excluding hydrogens is 496 g/mol. The summed E-state index contributed by atoms with van der Waals surface area (Å²) in [6, 6.07) is 4.38. The summed E-state index contributed by atoms with van der Waals surface area (Å²) in [5.74, 6) is -3.51. The molecule has 0 spiro atoms. The van der Waals surface area contributed by atoms with Gasteiger partial charge in [-0.1, -0.05) is 0 Å². The van der Waals surface area contributed by atoms with Crippen molar-refractivity contribution in [2.24, 2.45) is 0 Å². The van der Waals surface area contributed by atoms with E-state index in [1.165, 1.54) is 12.1 Å². The van der Waals surface area contributed by atoms with Gasteiger partial charge in [-0.15, -0.1) is 0 Å². The van der Waals surface area contributed by atoms with Gasteiger partial charge in [-0.05, 0) is 69.4 Å². The number of aromatic hydroxyl groups is 2. The smallest absolute Gasteiger partial charge is 0.193 e. The summed E-state index contributed by atoms with van der Waals surface area (Å²) in [5, 5.41) is 18.6. The maximum Gasteiger partial charge on any atom is 0.193 e. The summed E-state index contributed by atoms with van der Waals surface area (Å²) in [5.41, 5.74) is -0.0174. The number of carbonyl (C=O) groups excluding carboxylic acids is 1. The predicted octanol–water partition coefficient (Wildman–Crippen LogP) is 3.82. The van der Waals surface area contributed by atoms with E-state index in [-0.39, 0.29) is 18.3 Å². The van der Waals surface area contributed by atoms with E-state index in [9.17, 15) is 23.8 Å². The van der Waals surface area contributed by atoms with E-state index in [1.807, 2.05) is 0 Å². The van der Waals surface area contributed by atoms with Crippen LogP contribution in [0, 0.1) is 18.8 Å². The van der Waals surface area contributed by atoms with Crippen molar-refractivity contribution in [2.45, 2.75) is 0 Å². The van der Waals surface area contributed by atoms with Crippen LogP contribution in [0.3, 0.4) is 0 Å². The van der Waals surface area contributed by atoms with Crippen LogP contribution in [0.4, 0.5) is 8.78 Å². The zero-order chi connectivity index (χ0) is 15.0. The van der Waals surface area contributed by atoms with Gasteiger partial charge in [0.15, 0.2) is 28.9 Å². The van der Waals surface area contributed by atoms with Crippen LogP contribution < -0.4 is 0 Å². The van der Waals surface area contributed by atoms with E-state index in [0.29, 0.717) is 0 Å². The maximum absolute atomic E-state index is 13.4. The first-order chi connectivity index (χ1) is 9.31. The molecule has 0 heterocycles. The molecule has 104 valence electrons. The van der Waals surface area contributed by atoms with Crippen molar-refractivity contribution in [3.05, 3.63) is 54.2 Å². The summed E-state index contributed by atoms with van der Waals surface area (Å²) >= 11 is 3.38. The predicted molar refractivity (Wildman–Crippen MR) is 85.0 cm³/mol.